The maximum atomic E-state index is 13.1. The average molecular weight is 419 g/mol. The Morgan fingerprint density at radius 1 is 1.07 bits per heavy atom. The van der Waals surface area contributed by atoms with Gasteiger partial charge >= 0.3 is 12.1 Å². The van der Waals surface area contributed by atoms with Crippen molar-refractivity contribution >= 4 is 5.52 Å². The first kappa shape index (κ1) is 19.6. The Balaban J connectivity index is 1.89. The molecule has 0 aliphatic rings. The summed E-state index contributed by atoms with van der Waals surface area (Å²) in [6.07, 6.45) is -1.59. The normalized spacial score (nSPS) is 11.8. The van der Waals surface area contributed by atoms with Gasteiger partial charge in [0.15, 0.2) is 5.82 Å². The third-order valence-electron chi connectivity index (χ3n) is 4.52. The topological polar surface area (TPSA) is 74.3 Å². The van der Waals surface area contributed by atoms with Gasteiger partial charge in [0, 0.05) is 11.3 Å². The van der Waals surface area contributed by atoms with Crippen LogP contribution in [0.1, 0.15) is 11.3 Å². The van der Waals surface area contributed by atoms with Crippen molar-refractivity contribution in [1.82, 2.24) is 24.1 Å². The van der Waals surface area contributed by atoms with Crippen molar-refractivity contribution in [3.05, 3.63) is 70.4 Å². The van der Waals surface area contributed by atoms with Crippen molar-refractivity contribution in [2.75, 3.05) is 0 Å². The Morgan fingerprint density at radius 3 is 2.43 bits per heavy atom. The highest BCUT2D eigenvalue weighted by molar-refractivity contribution is 5.79. The van der Waals surface area contributed by atoms with Gasteiger partial charge in [-0.25, -0.2) is 19.2 Å². The zero-order valence-corrected chi connectivity index (χ0v) is 15.6. The predicted molar refractivity (Wildman–Crippen MR) is 97.9 cm³/mol. The number of hydrogen-bond donors (Lipinski definition) is 0. The molecule has 0 spiro atoms. The monoisotopic (exact) mass is 419 g/mol. The molecule has 154 valence electrons. The standard InChI is InChI=1S/C19H13F4N5O2/c1-10-15-9-26-28(17-24-7-13(20)8-25-17)18(29)27(15)11(2)16(10)12-4-3-5-14(6-12)30-19(21,22)23/h3-9H,1-2H3. The molecule has 0 aliphatic carbocycles. The van der Waals surface area contributed by atoms with Gasteiger partial charge in [-0.3, -0.25) is 4.40 Å². The van der Waals surface area contributed by atoms with E-state index in [2.05, 4.69) is 19.8 Å². The minimum Gasteiger partial charge on any atom is -0.406 e. The van der Waals surface area contributed by atoms with E-state index in [1.54, 1.807) is 19.9 Å². The second kappa shape index (κ2) is 6.94. The first-order chi connectivity index (χ1) is 14.2. The average Bonchev–Trinajstić information content (AvgIpc) is 2.93. The van der Waals surface area contributed by atoms with E-state index in [-0.39, 0.29) is 11.7 Å². The molecule has 30 heavy (non-hydrogen) atoms. The summed E-state index contributed by atoms with van der Waals surface area (Å²) in [6, 6.07) is 5.49. The second-order valence-electron chi connectivity index (χ2n) is 6.42. The minimum absolute atomic E-state index is 0.115. The van der Waals surface area contributed by atoms with Crippen LogP contribution in [-0.2, 0) is 0 Å². The van der Waals surface area contributed by atoms with Crippen molar-refractivity contribution in [1.29, 1.82) is 0 Å². The summed E-state index contributed by atoms with van der Waals surface area (Å²) in [4.78, 5) is 20.5. The van der Waals surface area contributed by atoms with Crippen LogP contribution in [0.2, 0.25) is 0 Å². The fourth-order valence-electron chi connectivity index (χ4n) is 3.34. The maximum Gasteiger partial charge on any atom is 0.573 e. The van der Waals surface area contributed by atoms with Crippen molar-refractivity contribution in [3.63, 3.8) is 0 Å². The van der Waals surface area contributed by atoms with Crippen LogP contribution in [0.25, 0.3) is 22.6 Å². The summed E-state index contributed by atoms with van der Waals surface area (Å²) in [5.41, 5.74) is 2.00. The van der Waals surface area contributed by atoms with Crippen LogP contribution in [0, 0.1) is 19.7 Å². The molecular weight excluding hydrogens is 406 g/mol. The molecule has 4 aromatic rings. The molecule has 0 saturated carbocycles. The van der Waals surface area contributed by atoms with Crippen LogP contribution in [0.5, 0.6) is 5.75 Å². The van der Waals surface area contributed by atoms with Crippen LogP contribution >= 0.6 is 0 Å². The van der Waals surface area contributed by atoms with E-state index in [1.807, 2.05) is 0 Å². The second-order valence-corrected chi connectivity index (χ2v) is 6.42. The molecular formula is C19H13F4N5O2. The summed E-state index contributed by atoms with van der Waals surface area (Å²) >= 11 is 0. The van der Waals surface area contributed by atoms with E-state index in [0.29, 0.717) is 27.9 Å². The molecule has 1 aromatic carbocycles. The van der Waals surface area contributed by atoms with Gasteiger partial charge in [0.1, 0.15) is 5.75 Å². The fourth-order valence-corrected chi connectivity index (χ4v) is 3.34. The van der Waals surface area contributed by atoms with E-state index in [9.17, 15) is 22.4 Å². The number of alkyl halides is 3. The van der Waals surface area contributed by atoms with Crippen LogP contribution in [-0.4, -0.2) is 30.5 Å². The molecule has 0 radical (unpaired) electrons. The molecule has 0 N–H and O–H groups in total. The first-order valence-electron chi connectivity index (χ1n) is 8.60. The number of aryl methyl sites for hydroxylation is 2. The highest BCUT2D eigenvalue weighted by Gasteiger charge is 2.31. The van der Waals surface area contributed by atoms with Crippen molar-refractivity contribution in [3.8, 4) is 22.8 Å². The lowest BCUT2D eigenvalue weighted by Crippen LogP contribution is -2.29. The zero-order chi connectivity index (χ0) is 21.6. The number of benzene rings is 1. The number of hydrogen-bond acceptors (Lipinski definition) is 5. The highest BCUT2D eigenvalue weighted by atomic mass is 19.4. The van der Waals surface area contributed by atoms with Gasteiger partial charge < -0.3 is 4.74 Å². The summed E-state index contributed by atoms with van der Waals surface area (Å²) < 4.78 is 57.0. The predicted octanol–water partition coefficient (Wildman–Crippen LogP) is 3.60. The summed E-state index contributed by atoms with van der Waals surface area (Å²) in [5.74, 6) is -1.15. The lowest BCUT2D eigenvalue weighted by Gasteiger charge is -2.10. The molecule has 3 aromatic heterocycles. The highest BCUT2D eigenvalue weighted by Crippen LogP contribution is 2.34. The molecule has 3 heterocycles. The smallest absolute Gasteiger partial charge is 0.406 e. The molecule has 4 rings (SSSR count). The largest absolute Gasteiger partial charge is 0.573 e. The van der Waals surface area contributed by atoms with Gasteiger partial charge in [-0.15, -0.1) is 17.9 Å². The Hall–Kier alpha value is -3.76. The third-order valence-corrected chi connectivity index (χ3v) is 4.52. The molecule has 0 bridgehead atoms. The minimum atomic E-state index is -4.82. The van der Waals surface area contributed by atoms with Gasteiger partial charge in [-0.1, -0.05) is 12.1 Å². The number of nitrogens with zero attached hydrogens (tertiary/aromatic N) is 5. The van der Waals surface area contributed by atoms with Gasteiger partial charge in [0.2, 0.25) is 0 Å². The van der Waals surface area contributed by atoms with Crippen LogP contribution in [0.3, 0.4) is 0 Å². The number of rotatable bonds is 3. The van der Waals surface area contributed by atoms with E-state index < -0.39 is 17.9 Å². The van der Waals surface area contributed by atoms with E-state index in [1.165, 1.54) is 28.8 Å². The van der Waals surface area contributed by atoms with Crippen LogP contribution in [0.15, 0.2) is 47.7 Å². The van der Waals surface area contributed by atoms with Crippen molar-refractivity contribution in [2.45, 2.75) is 20.2 Å². The Kier molecular flexibility index (Phi) is 4.52. The van der Waals surface area contributed by atoms with Crippen molar-refractivity contribution < 1.29 is 22.3 Å². The fraction of sp³-hybridized carbons (Fsp3) is 0.158. The number of aromatic nitrogens is 5. The van der Waals surface area contributed by atoms with E-state index in [4.69, 9.17) is 0 Å². The third kappa shape index (κ3) is 3.38. The van der Waals surface area contributed by atoms with Gasteiger partial charge in [0.05, 0.1) is 24.1 Å². The summed E-state index contributed by atoms with van der Waals surface area (Å²) in [5, 5.41) is 4.04. The Labute approximate surface area is 166 Å². The lowest BCUT2D eigenvalue weighted by atomic mass is 10.0. The maximum absolute atomic E-state index is 13.1. The Morgan fingerprint density at radius 2 is 1.77 bits per heavy atom. The van der Waals surface area contributed by atoms with Gasteiger partial charge in [0.25, 0.3) is 5.95 Å². The Bertz CT molecular complexity index is 1310. The van der Waals surface area contributed by atoms with Crippen molar-refractivity contribution in [2.24, 2.45) is 0 Å². The molecule has 0 unspecified atom stereocenters. The molecule has 0 saturated heterocycles. The molecule has 7 nitrogen and oxygen atoms in total. The SMILES string of the molecule is Cc1c(-c2cccc(OC(F)(F)F)c2)c(C)n2c(=O)n(-c3ncc(F)cn3)ncc12. The van der Waals surface area contributed by atoms with E-state index in [0.717, 1.165) is 17.1 Å². The summed E-state index contributed by atoms with van der Waals surface area (Å²) in [6.45, 7) is 3.39. The van der Waals surface area contributed by atoms with Gasteiger partial charge in [-0.05, 0) is 37.1 Å². The van der Waals surface area contributed by atoms with Crippen LogP contribution in [0.4, 0.5) is 17.6 Å². The number of fused-ring (bicyclic) bond motifs is 1. The zero-order valence-electron chi connectivity index (χ0n) is 15.6. The van der Waals surface area contributed by atoms with E-state index >= 15 is 0 Å². The number of halogens is 4. The molecule has 0 amide bonds. The molecule has 0 fully saturated rings. The first-order valence-corrected chi connectivity index (χ1v) is 8.60. The molecule has 0 atom stereocenters. The molecule has 0 aliphatic heterocycles. The molecule has 11 heteroatoms. The number of ether oxygens (including phenoxy) is 1. The van der Waals surface area contributed by atoms with Gasteiger partial charge in [-0.2, -0.15) is 5.10 Å². The quantitative estimate of drug-likeness (QED) is 0.475. The summed E-state index contributed by atoms with van der Waals surface area (Å²) in [7, 11) is 0. The lowest BCUT2D eigenvalue weighted by molar-refractivity contribution is -0.274. The van der Waals surface area contributed by atoms with Crippen LogP contribution < -0.4 is 10.4 Å².